The molecule has 1 aromatic carbocycles. The summed E-state index contributed by atoms with van der Waals surface area (Å²) in [5, 5.41) is 11.9. The second-order valence-electron chi connectivity index (χ2n) is 5.27. The molecule has 0 fully saturated rings. The lowest BCUT2D eigenvalue weighted by Crippen LogP contribution is -2.38. The van der Waals surface area contributed by atoms with Gasteiger partial charge in [-0.2, -0.15) is 0 Å². The Kier molecular flexibility index (Phi) is 5.99. The molecule has 0 saturated carbocycles. The molecule has 106 valence electrons. The van der Waals surface area contributed by atoms with Crippen molar-refractivity contribution in [1.29, 1.82) is 0 Å². The fourth-order valence-corrected chi connectivity index (χ4v) is 1.67. The first-order chi connectivity index (χ1) is 8.93. The van der Waals surface area contributed by atoms with E-state index in [1.54, 1.807) is 0 Å². The van der Waals surface area contributed by atoms with Gasteiger partial charge in [-0.25, -0.2) is 0 Å². The van der Waals surface area contributed by atoms with Crippen LogP contribution in [-0.4, -0.2) is 42.2 Å². The van der Waals surface area contributed by atoms with Crippen LogP contribution in [0.2, 0.25) is 0 Å². The van der Waals surface area contributed by atoms with Crippen LogP contribution >= 0.6 is 0 Å². The smallest absolute Gasteiger partial charge is 0.238 e. The van der Waals surface area contributed by atoms with Gasteiger partial charge in [0.05, 0.1) is 13.2 Å². The highest BCUT2D eigenvalue weighted by atomic mass is 16.3. The van der Waals surface area contributed by atoms with E-state index in [9.17, 15) is 4.79 Å². The molecule has 0 radical (unpaired) electrons. The average molecular weight is 264 g/mol. The third kappa shape index (κ3) is 5.01. The molecule has 0 aliphatic rings. The van der Waals surface area contributed by atoms with E-state index in [4.69, 9.17) is 5.11 Å². The van der Waals surface area contributed by atoms with Crippen molar-refractivity contribution in [2.45, 2.75) is 32.7 Å². The highest BCUT2D eigenvalue weighted by Crippen LogP contribution is 2.17. The minimum Gasteiger partial charge on any atom is -0.395 e. The minimum absolute atomic E-state index is 0.0194. The van der Waals surface area contributed by atoms with Crippen molar-refractivity contribution in [2.75, 3.05) is 25.5 Å². The van der Waals surface area contributed by atoms with Gasteiger partial charge in [-0.1, -0.05) is 26.0 Å². The number of likely N-dealkylation sites (N-methyl/N-ethyl adjacent to an activating group) is 1. The van der Waals surface area contributed by atoms with E-state index in [0.717, 1.165) is 5.69 Å². The monoisotopic (exact) mass is 264 g/mol. The first kappa shape index (κ1) is 15.7. The van der Waals surface area contributed by atoms with Gasteiger partial charge in [-0.15, -0.1) is 0 Å². The molecule has 0 spiro atoms. The third-order valence-electron chi connectivity index (χ3n) is 3.27. The minimum atomic E-state index is -0.0694. The number of nitrogens with one attached hydrogen (secondary N) is 1. The number of rotatable bonds is 6. The number of carbonyl (C=O) groups is 1. The summed E-state index contributed by atoms with van der Waals surface area (Å²) in [6, 6.07) is 7.88. The van der Waals surface area contributed by atoms with Crippen molar-refractivity contribution >= 4 is 11.6 Å². The number of hydrogen-bond donors (Lipinski definition) is 2. The summed E-state index contributed by atoms with van der Waals surface area (Å²) in [6.07, 6.45) is 0. The number of nitrogens with zero attached hydrogens (tertiary/aromatic N) is 1. The number of hydrogen-bond acceptors (Lipinski definition) is 3. The summed E-state index contributed by atoms with van der Waals surface area (Å²) in [7, 11) is 1.82. The van der Waals surface area contributed by atoms with Crippen molar-refractivity contribution in [3.8, 4) is 0 Å². The van der Waals surface area contributed by atoms with E-state index in [-0.39, 0.29) is 25.1 Å². The van der Waals surface area contributed by atoms with Crippen LogP contribution in [0.15, 0.2) is 24.3 Å². The number of aliphatic hydroxyl groups is 1. The molecule has 1 unspecified atom stereocenters. The molecule has 0 aliphatic carbocycles. The second-order valence-corrected chi connectivity index (χ2v) is 5.27. The van der Waals surface area contributed by atoms with Crippen molar-refractivity contribution in [1.82, 2.24) is 4.90 Å². The number of aliphatic hydroxyl groups excluding tert-OH is 1. The highest BCUT2D eigenvalue weighted by molar-refractivity contribution is 5.92. The van der Waals surface area contributed by atoms with E-state index in [0.29, 0.717) is 5.92 Å². The van der Waals surface area contributed by atoms with Crippen LogP contribution in [0, 0.1) is 0 Å². The van der Waals surface area contributed by atoms with Gasteiger partial charge in [0, 0.05) is 11.7 Å². The molecule has 1 amide bonds. The summed E-state index contributed by atoms with van der Waals surface area (Å²) in [5.41, 5.74) is 2.06. The molecule has 19 heavy (non-hydrogen) atoms. The molecular weight excluding hydrogens is 240 g/mol. The summed E-state index contributed by atoms with van der Waals surface area (Å²) >= 11 is 0. The van der Waals surface area contributed by atoms with Gasteiger partial charge in [-0.05, 0) is 37.6 Å². The number of carbonyl (C=O) groups excluding carboxylic acids is 1. The maximum atomic E-state index is 11.8. The summed E-state index contributed by atoms with van der Waals surface area (Å²) in [5.74, 6) is 0.418. The Morgan fingerprint density at radius 3 is 2.32 bits per heavy atom. The lowest BCUT2D eigenvalue weighted by Gasteiger charge is -2.22. The van der Waals surface area contributed by atoms with Gasteiger partial charge < -0.3 is 10.4 Å². The Morgan fingerprint density at radius 1 is 1.26 bits per heavy atom. The van der Waals surface area contributed by atoms with Crippen LogP contribution in [0.1, 0.15) is 32.3 Å². The quantitative estimate of drug-likeness (QED) is 0.827. The van der Waals surface area contributed by atoms with E-state index < -0.39 is 0 Å². The lowest BCUT2D eigenvalue weighted by molar-refractivity contribution is -0.117. The molecule has 4 nitrogen and oxygen atoms in total. The van der Waals surface area contributed by atoms with E-state index >= 15 is 0 Å². The standard InChI is InChI=1S/C15H24N2O2/c1-11(2)13-5-7-14(8-6-13)16-15(19)9-17(4)12(3)10-18/h5-8,11-12,18H,9-10H2,1-4H3,(H,16,19). The van der Waals surface area contributed by atoms with Crippen molar-refractivity contribution in [2.24, 2.45) is 0 Å². The van der Waals surface area contributed by atoms with Gasteiger partial charge in [0.15, 0.2) is 0 Å². The van der Waals surface area contributed by atoms with Crippen LogP contribution in [0.25, 0.3) is 0 Å². The Balaban J connectivity index is 2.52. The van der Waals surface area contributed by atoms with Crippen LogP contribution in [0.4, 0.5) is 5.69 Å². The van der Waals surface area contributed by atoms with Gasteiger partial charge in [0.25, 0.3) is 0 Å². The zero-order valence-corrected chi connectivity index (χ0v) is 12.2. The summed E-state index contributed by atoms with van der Waals surface area (Å²) in [4.78, 5) is 13.6. The number of amides is 1. The zero-order chi connectivity index (χ0) is 14.4. The van der Waals surface area contributed by atoms with Crippen LogP contribution in [0.3, 0.4) is 0 Å². The normalized spacial score (nSPS) is 12.8. The molecule has 4 heteroatoms. The summed E-state index contributed by atoms with van der Waals surface area (Å²) < 4.78 is 0. The number of anilines is 1. The second kappa shape index (κ2) is 7.26. The summed E-state index contributed by atoms with van der Waals surface area (Å²) in [6.45, 7) is 6.48. The molecule has 2 N–H and O–H groups in total. The molecule has 1 aromatic rings. The SMILES string of the molecule is CC(C)c1ccc(NC(=O)CN(C)C(C)CO)cc1. The molecule has 0 aliphatic heterocycles. The van der Waals surface area contributed by atoms with Gasteiger partial charge in [-0.3, -0.25) is 9.69 Å². The first-order valence-corrected chi connectivity index (χ1v) is 6.65. The van der Waals surface area contributed by atoms with Gasteiger partial charge in [0.1, 0.15) is 0 Å². The topological polar surface area (TPSA) is 52.6 Å². The predicted octanol–water partition coefficient (Wildman–Crippen LogP) is 2.06. The van der Waals surface area contributed by atoms with Gasteiger partial charge in [0.2, 0.25) is 5.91 Å². The van der Waals surface area contributed by atoms with Gasteiger partial charge >= 0.3 is 0 Å². The molecule has 1 atom stereocenters. The zero-order valence-electron chi connectivity index (χ0n) is 12.2. The van der Waals surface area contributed by atoms with E-state index in [2.05, 4.69) is 19.2 Å². The fraction of sp³-hybridized carbons (Fsp3) is 0.533. The first-order valence-electron chi connectivity index (χ1n) is 6.65. The molecule has 0 saturated heterocycles. The molecule has 1 rings (SSSR count). The Bertz CT molecular complexity index is 401. The molecule has 0 heterocycles. The van der Waals surface area contributed by atoms with Crippen molar-refractivity contribution < 1.29 is 9.90 Å². The molecule has 0 aromatic heterocycles. The highest BCUT2D eigenvalue weighted by Gasteiger charge is 2.12. The van der Waals surface area contributed by atoms with Crippen LogP contribution in [0.5, 0.6) is 0 Å². The Hall–Kier alpha value is -1.39. The molecular formula is C15H24N2O2. The lowest BCUT2D eigenvalue weighted by atomic mass is 10.0. The Labute approximate surface area is 115 Å². The average Bonchev–Trinajstić information content (AvgIpc) is 2.38. The van der Waals surface area contributed by atoms with Crippen molar-refractivity contribution in [3.05, 3.63) is 29.8 Å². The molecule has 0 bridgehead atoms. The predicted molar refractivity (Wildman–Crippen MR) is 78.3 cm³/mol. The maximum Gasteiger partial charge on any atom is 0.238 e. The van der Waals surface area contributed by atoms with E-state index in [1.165, 1.54) is 5.56 Å². The van der Waals surface area contributed by atoms with Crippen LogP contribution < -0.4 is 5.32 Å². The van der Waals surface area contributed by atoms with Crippen molar-refractivity contribution in [3.63, 3.8) is 0 Å². The van der Waals surface area contributed by atoms with Crippen LogP contribution in [-0.2, 0) is 4.79 Å². The number of benzene rings is 1. The maximum absolute atomic E-state index is 11.8. The third-order valence-corrected chi connectivity index (χ3v) is 3.27. The fourth-order valence-electron chi connectivity index (χ4n) is 1.67. The van der Waals surface area contributed by atoms with E-state index in [1.807, 2.05) is 43.1 Å². The largest absolute Gasteiger partial charge is 0.395 e. The Morgan fingerprint density at radius 2 is 1.84 bits per heavy atom.